The van der Waals surface area contributed by atoms with Crippen molar-refractivity contribution >= 4 is 35.0 Å². The number of halogens is 2. The zero-order valence-electron chi connectivity index (χ0n) is 19.2. The summed E-state index contributed by atoms with van der Waals surface area (Å²) in [4.78, 5) is 0. The molecule has 0 fully saturated rings. The van der Waals surface area contributed by atoms with Gasteiger partial charge < -0.3 is 13.9 Å². The van der Waals surface area contributed by atoms with Crippen molar-refractivity contribution in [2.24, 2.45) is 0 Å². The minimum atomic E-state index is 0.383. The third-order valence-corrected chi connectivity index (χ3v) is 6.69. The van der Waals surface area contributed by atoms with Crippen LogP contribution in [0.3, 0.4) is 0 Å². The van der Waals surface area contributed by atoms with Gasteiger partial charge in [0.15, 0.2) is 11.0 Å². The number of rotatable bonds is 8. The van der Waals surface area contributed by atoms with Gasteiger partial charge in [-0.3, -0.25) is 4.57 Å². The standard InChI is InChI=1S/C25H19Cl2N5O3S/c1-33-20-10-8-16(26)12-18(20)23-29-31-25(32(23)17-9-11-21(34-2)19(27)13-17)36-14-22-28-30-24(35-22)15-6-4-3-5-7-15/h3-13H,14H2,1-2H3. The lowest BCUT2D eigenvalue weighted by atomic mass is 10.2. The van der Waals surface area contributed by atoms with Crippen LogP contribution in [0.25, 0.3) is 28.5 Å². The van der Waals surface area contributed by atoms with Gasteiger partial charge in [0.1, 0.15) is 11.5 Å². The van der Waals surface area contributed by atoms with Crippen LogP contribution in [0.5, 0.6) is 11.5 Å². The van der Waals surface area contributed by atoms with Gasteiger partial charge in [-0.1, -0.05) is 53.2 Å². The fourth-order valence-corrected chi connectivity index (χ4v) is 4.77. The second-order valence-corrected chi connectivity index (χ2v) is 9.25. The molecule has 182 valence electrons. The molecule has 0 saturated carbocycles. The maximum absolute atomic E-state index is 6.45. The van der Waals surface area contributed by atoms with Crippen LogP contribution in [0.1, 0.15) is 5.89 Å². The van der Waals surface area contributed by atoms with Crippen molar-refractivity contribution < 1.29 is 13.9 Å². The predicted molar refractivity (Wildman–Crippen MR) is 139 cm³/mol. The summed E-state index contributed by atoms with van der Waals surface area (Å²) in [6.45, 7) is 0. The van der Waals surface area contributed by atoms with E-state index >= 15 is 0 Å². The number of hydrogen-bond donors (Lipinski definition) is 0. The van der Waals surface area contributed by atoms with Crippen LogP contribution in [-0.2, 0) is 5.75 Å². The molecule has 3 aromatic carbocycles. The summed E-state index contributed by atoms with van der Waals surface area (Å²) in [5, 5.41) is 18.8. The first kappa shape index (κ1) is 24.2. The molecule has 0 unspecified atom stereocenters. The first-order valence-corrected chi connectivity index (χ1v) is 12.5. The van der Waals surface area contributed by atoms with E-state index in [4.69, 9.17) is 37.1 Å². The minimum Gasteiger partial charge on any atom is -0.496 e. The van der Waals surface area contributed by atoms with Gasteiger partial charge in [0.2, 0.25) is 11.8 Å². The molecule has 0 bridgehead atoms. The Kier molecular flexibility index (Phi) is 7.13. The fraction of sp³-hybridized carbons (Fsp3) is 0.120. The lowest BCUT2D eigenvalue weighted by Crippen LogP contribution is -2.01. The van der Waals surface area contributed by atoms with Crippen molar-refractivity contribution in [1.29, 1.82) is 0 Å². The molecule has 0 aliphatic rings. The zero-order valence-corrected chi connectivity index (χ0v) is 21.5. The summed E-state index contributed by atoms with van der Waals surface area (Å²) < 4.78 is 18.6. The molecule has 5 rings (SSSR count). The second-order valence-electron chi connectivity index (χ2n) is 7.46. The molecule has 0 saturated heterocycles. The molecule has 2 aromatic heterocycles. The van der Waals surface area contributed by atoms with Crippen LogP contribution in [0, 0.1) is 0 Å². The topological polar surface area (TPSA) is 88.1 Å². The Balaban J connectivity index is 1.53. The molecule has 36 heavy (non-hydrogen) atoms. The number of aromatic nitrogens is 5. The van der Waals surface area contributed by atoms with Crippen LogP contribution < -0.4 is 9.47 Å². The number of nitrogens with zero attached hydrogens (tertiary/aromatic N) is 5. The molecule has 0 aliphatic heterocycles. The summed E-state index contributed by atoms with van der Waals surface area (Å²) in [6, 6.07) is 20.4. The van der Waals surface area contributed by atoms with E-state index < -0.39 is 0 Å². The quantitative estimate of drug-likeness (QED) is 0.204. The van der Waals surface area contributed by atoms with E-state index in [0.717, 1.165) is 11.3 Å². The number of hydrogen-bond acceptors (Lipinski definition) is 8. The largest absolute Gasteiger partial charge is 0.496 e. The van der Waals surface area contributed by atoms with E-state index in [9.17, 15) is 0 Å². The van der Waals surface area contributed by atoms with Crippen molar-refractivity contribution in [3.05, 3.63) is 82.7 Å². The first-order chi connectivity index (χ1) is 17.6. The molecule has 0 N–H and O–H groups in total. The van der Waals surface area contributed by atoms with Crippen molar-refractivity contribution in [1.82, 2.24) is 25.0 Å². The zero-order chi connectivity index (χ0) is 25.1. The van der Waals surface area contributed by atoms with Crippen LogP contribution >= 0.6 is 35.0 Å². The van der Waals surface area contributed by atoms with E-state index in [1.165, 1.54) is 11.8 Å². The molecule has 8 nitrogen and oxygen atoms in total. The summed E-state index contributed by atoms with van der Waals surface area (Å²) in [7, 11) is 3.16. The summed E-state index contributed by atoms with van der Waals surface area (Å²) in [6.07, 6.45) is 0. The summed E-state index contributed by atoms with van der Waals surface area (Å²) in [5.74, 6) is 3.00. The molecule has 2 heterocycles. The molecular weight excluding hydrogens is 521 g/mol. The lowest BCUT2D eigenvalue weighted by Gasteiger charge is -2.14. The van der Waals surface area contributed by atoms with Crippen LogP contribution in [0.15, 0.2) is 76.3 Å². The molecule has 0 aliphatic carbocycles. The highest BCUT2D eigenvalue weighted by atomic mass is 35.5. The highest BCUT2D eigenvalue weighted by Gasteiger charge is 2.21. The summed E-state index contributed by atoms with van der Waals surface area (Å²) in [5.41, 5.74) is 2.27. The average Bonchev–Trinajstić information content (AvgIpc) is 3.55. The highest BCUT2D eigenvalue weighted by Crippen LogP contribution is 2.37. The van der Waals surface area contributed by atoms with E-state index in [-0.39, 0.29) is 0 Å². The third kappa shape index (κ3) is 4.90. The van der Waals surface area contributed by atoms with Gasteiger partial charge in [0.05, 0.1) is 36.2 Å². The van der Waals surface area contributed by atoms with Gasteiger partial charge in [-0.05, 0) is 48.5 Å². The molecule has 11 heteroatoms. The van der Waals surface area contributed by atoms with E-state index in [1.54, 1.807) is 44.6 Å². The Hall–Kier alpha value is -3.53. The molecule has 0 atom stereocenters. The Labute approximate surface area is 221 Å². The Morgan fingerprint density at radius 2 is 1.64 bits per heavy atom. The average molecular weight is 540 g/mol. The maximum atomic E-state index is 6.45. The highest BCUT2D eigenvalue weighted by molar-refractivity contribution is 7.98. The van der Waals surface area contributed by atoms with Crippen LogP contribution in [-0.4, -0.2) is 39.2 Å². The first-order valence-electron chi connectivity index (χ1n) is 10.7. The molecular formula is C25H19Cl2N5O3S. The summed E-state index contributed by atoms with van der Waals surface area (Å²) >= 11 is 14.2. The Bertz CT molecular complexity index is 1510. The van der Waals surface area contributed by atoms with Gasteiger partial charge in [0, 0.05) is 10.6 Å². The SMILES string of the molecule is COc1ccc(-n2c(SCc3nnc(-c4ccccc4)o3)nnc2-c2cc(Cl)ccc2OC)cc1Cl. The number of benzene rings is 3. The second kappa shape index (κ2) is 10.6. The molecule has 0 radical (unpaired) electrons. The van der Waals surface area contributed by atoms with Crippen molar-refractivity contribution in [2.45, 2.75) is 10.9 Å². The van der Waals surface area contributed by atoms with Crippen molar-refractivity contribution in [3.63, 3.8) is 0 Å². The van der Waals surface area contributed by atoms with E-state index in [0.29, 0.717) is 55.6 Å². The monoisotopic (exact) mass is 539 g/mol. The molecule has 0 spiro atoms. The van der Waals surface area contributed by atoms with E-state index in [1.807, 2.05) is 41.0 Å². The Morgan fingerprint density at radius 1 is 0.861 bits per heavy atom. The smallest absolute Gasteiger partial charge is 0.247 e. The van der Waals surface area contributed by atoms with Gasteiger partial charge in [-0.15, -0.1) is 20.4 Å². The fourth-order valence-electron chi connectivity index (χ4n) is 3.56. The third-order valence-electron chi connectivity index (χ3n) is 5.24. The van der Waals surface area contributed by atoms with Gasteiger partial charge >= 0.3 is 0 Å². The van der Waals surface area contributed by atoms with E-state index in [2.05, 4.69) is 20.4 Å². The minimum absolute atomic E-state index is 0.383. The van der Waals surface area contributed by atoms with Crippen LogP contribution in [0.2, 0.25) is 10.0 Å². The van der Waals surface area contributed by atoms with Gasteiger partial charge in [0.25, 0.3) is 0 Å². The normalized spacial score (nSPS) is 11.0. The van der Waals surface area contributed by atoms with Gasteiger partial charge in [-0.25, -0.2) is 0 Å². The van der Waals surface area contributed by atoms with Gasteiger partial charge in [-0.2, -0.15) is 0 Å². The van der Waals surface area contributed by atoms with Crippen molar-refractivity contribution in [3.8, 4) is 40.0 Å². The lowest BCUT2D eigenvalue weighted by molar-refractivity contribution is 0.415. The number of ether oxygens (including phenoxy) is 2. The molecule has 0 amide bonds. The maximum Gasteiger partial charge on any atom is 0.247 e. The Morgan fingerprint density at radius 3 is 2.39 bits per heavy atom. The van der Waals surface area contributed by atoms with Crippen LogP contribution in [0.4, 0.5) is 0 Å². The predicted octanol–water partition coefficient (Wildman–Crippen LogP) is 6.60. The molecule has 5 aromatic rings. The van der Waals surface area contributed by atoms with Crippen molar-refractivity contribution in [2.75, 3.05) is 14.2 Å². The number of methoxy groups -OCH3 is 2. The number of thioether (sulfide) groups is 1.